The van der Waals surface area contributed by atoms with Crippen LogP contribution in [0.3, 0.4) is 0 Å². The van der Waals surface area contributed by atoms with Crippen LogP contribution in [-0.4, -0.2) is 9.97 Å². The largest absolute Gasteiger partial charge is 0.224 e. The molecule has 0 radical (unpaired) electrons. The lowest BCUT2D eigenvalue weighted by molar-refractivity contribution is 1.11. The van der Waals surface area contributed by atoms with E-state index in [0.29, 0.717) is 12.4 Å². The van der Waals surface area contributed by atoms with Gasteiger partial charge in [-0.15, -0.1) is 0 Å². The lowest BCUT2D eigenvalue weighted by Gasteiger charge is -1.96. The predicted octanol–water partition coefficient (Wildman–Crippen LogP) is 2.99. The van der Waals surface area contributed by atoms with Crippen LogP contribution < -0.4 is 0 Å². The third-order valence-electron chi connectivity index (χ3n) is 0.743. The zero-order chi connectivity index (χ0) is 7.72. The van der Waals surface area contributed by atoms with Crippen LogP contribution in [0.5, 0.6) is 0 Å². The van der Waals surface area contributed by atoms with Crippen molar-refractivity contribution in [3.63, 3.8) is 0 Å². The standard InChI is InChI=1S/C4Cl2I2N2/c5-1-2(7)9-4(6)10-3(1)8. The molecule has 1 heterocycles. The summed E-state index contributed by atoms with van der Waals surface area (Å²) in [7, 11) is 0. The molecule has 0 bridgehead atoms. The number of hydrogen-bond acceptors (Lipinski definition) is 2. The van der Waals surface area contributed by atoms with Crippen LogP contribution in [0.4, 0.5) is 0 Å². The number of rotatable bonds is 0. The molecular weight excluding hydrogens is 401 g/mol. The van der Waals surface area contributed by atoms with Gasteiger partial charge in [0.25, 0.3) is 0 Å². The summed E-state index contributed by atoms with van der Waals surface area (Å²) in [4.78, 5) is 7.68. The molecule has 0 saturated carbocycles. The molecule has 0 atom stereocenters. The minimum atomic E-state index is 0.234. The van der Waals surface area contributed by atoms with Crippen LogP contribution in [0.25, 0.3) is 0 Å². The smallest absolute Gasteiger partial charge is 0.210 e. The molecule has 0 N–H and O–H groups in total. The molecule has 10 heavy (non-hydrogen) atoms. The molecule has 0 aromatic carbocycles. The van der Waals surface area contributed by atoms with Crippen LogP contribution in [-0.2, 0) is 0 Å². The van der Waals surface area contributed by atoms with Crippen molar-refractivity contribution in [2.75, 3.05) is 0 Å². The number of nitrogens with zero attached hydrogens (tertiary/aromatic N) is 2. The second kappa shape index (κ2) is 3.68. The highest BCUT2D eigenvalue weighted by Crippen LogP contribution is 2.22. The Balaban J connectivity index is 3.31. The maximum atomic E-state index is 5.75. The first-order valence-corrected chi connectivity index (χ1v) is 5.06. The fourth-order valence-electron chi connectivity index (χ4n) is 0.370. The second-order valence-corrected chi connectivity index (χ2v) is 4.15. The molecule has 0 amide bonds. The molecule has 0 spiro atoms. The van der Waals surface area contributed by atoms with Gasteiger partial charge in [0.1, 0.15) is 12.4 Å². The maximum Gasteiger partial charge on any atom is 0.224 e. The van der Waals surface area contributed by atoms with Crippen molar-refractivity contribution in [1.29, 1.82) is 0 Å². The Hall–Kier alpha value is 1.12. The summed E-state index contributed by atoms with van der Waals surface area (Å²) in [6, 6.07) is 0. The van der Waals surface area contributed by atoms with Gasteiger partial charge >= 0.3 is 0 Å². The Kier molecular flexibility index (Phi) is 3.39. The lowest BCUT2D eigenvalue weighted by atomic mass is 10.7. The molecule has 1 aromatic heterocycles. The van der Waals surface area contributed by atoms with E-state index in [1.54, 1.807) is 0 Å². The van der Waals surface area contributed by atoms with Gasteiger partial charge in [-0.05, 0) is 56.8 Å². The SMILES string of the molecule is Clc1nc(I)c(Cl)c(I)n1. The van der Waals surface area contributed by atoms with Gasteiger partial charge in [-0.2, -0.15) is 0 Å². The topological polar surface area (TPSA) is 25.8 Å². The number of halogens is 4. The van der Waals surface area contributed by atoms with Gasteiger partial charge in [-0.25, -0.2) is 9.97 Å². The minimum Gasteiger partial charge on any atom is -0.210 e. The Labute approximate surface area is 95.0 Å². The van der Waals surface area contributed by atoms with E-state index in [1.807, 2.05) is 45.2 Å². The zero-order valence-electron chi connectivity index (χ0n) is 4.41. The van der Waals surface area contributed by atoms with Crippen molar-refractivity contribution in [1.82, 2.24) is 9.97 Å². The van der Waals surface area contributed by atoms with E-state index in [1.165, 1.54) is 0 Å². The van der Waals surface area contributed by atoms with E-state index >= 15 is 0 Å². The van der Waals surface area contributed by atoms with Gasteiger partial charge in [-0.3, -0.25) is 0 Å². The fourth-order valence-corrected chi connectivity index (χ4v) is 2.39. The molecule has 1 rings (SSSR count). The molecule has 0 saturated heterocycles. The normalized spacial score (nSPS) is 10.0. The van der Waals surface area contributed by atoms with Crippen molar-refractivity contribution in [2.24, 2.45) is 0 Å². The minimum absolute atomic E-state index is 0.234. The van der Waals surface area contributed by atoms with Crippen molar-refractivity contribution in [3.8, 4) is 0 Å². The van der Waals surface area contributed by atoms with E-state index in [-0.39, 0.29) is 5.28 Å². The molecule has 0 aliphatic rings. The summed E-state index contributed by atoms with van der Waals surface area (Å²) < 4.78 is 1.37. The summed E-state index contributed by atoms with van der Waals surface area (Å²) >= 11 is 15.3. The summed E-state index contributed by atoms with van der Waals surface area (Å²) in [6.07, 6.45) is 0. The molecule has 0 aliphatic heterocycles. The van der Waals surface area contributed by atoms with Crippen molar-refractivity contribution >= 4 is 68.4 Å². The van der Waals surface area contributed by atoms with E-state index in [4.69, 9.17) is 23.2 Å². The Bertz CT molecular complexity index is 242. The quantitative estimate of drug-likeness (QED) is 0.380. The average Bonchev–Trinajstić information content (AvgIpc) is 1.82. The Morgan fingerprint density at radius 2 is 1.40 bits per heavy atom. The second-order valence-electron chi connectivity index (χ2n) is 1.39. The van der Waals surface area contributed by atoms with Crippen LogP contribution >= 0.6 is 68.4 Å². The first kappa shape index (κ1) is 9.21. The zero-order valence-corrected chi connectivity index (χ0v) is 10.2. The molecule has 0 fully saturated rings. The number of hydrogen-bond donors (Lipinski definition) is 0. The van der Waals surface area contributed by atoms with Gasteiger partial charge in [0.2, 0.25) is 5.28 Å². The first-order chi connectivity index (χ1) is 4.61. The average molecular weight is 401 g/mol. The van der Waals surface area contributed by atoms with Gasteiger partial charge in [0.05, 0.1) is 0 Å². The molecule has 2 nitrogen and oxygen atoms in total. The summed E-state index contributed by atoms with van der Waals surface area (Å²) in [5.41, 5.74) is 0. The van der Waals surface area contributed by atoms with Gasteiger partial charge < -0.3 is 0 Å². The Morgan fingerprint density at radius 3 is 1.80 bits per heavy atom. The van der Waals surface area contributed by atoms with Crippen LogP contribution in [0.1, 0.15) is 0 Å². The summed E-state index contributed by atoms with van der Waals surface area (Å²) in [5.74, 6) is 0. The highest BCUT2D eigenvalue weighted by Gasteiger charge is 2.05. The van der Waals surface area contributed by atoms with Crippen LogP contribution in [0.2, 0.25) is 10.3 Å². The predicted molar refractivity (Wildman–Crippen MR) is 57.5 cm³/mol. The molecule has 6 heteroatoms. The molecule has 0 aliphatic carbocycles. The van der Waals surface area contributed by atoms with Gasteiger partial charge in [0, 0.05) is 0 Å². The molecule has 1 aromatic rings. The van der Waals surface area contributed by atoms with E-state index in [9.17, 15) is 0 Å². The lowest BCUT2D eigenvalue weighted by Crippen LogP contribution is -1.91. The van der Waals surface area contributed by atoms with Crippen LogP contribution in [0, 0.1) is 7.40 Å². The molecule has 54 valence electrons. The highest BCUT2D eigenvalue weighted by molar-refractivity contribution is 14.1. The fraction of sp³-hybridized carbons (Fsp3) is 0. The van der Waals surface area contributed by atoms with E-state index in [0.717, 1.165) is 0 Å². The summed E-state index contributed by atoms with van der Waals surface area (Å²) in [5, 5.41) is 0.795. The van der Waals surface area contributed by atoms with Gasteiger partial charge in [0.15, 0.2) is 0 Å². The van der Waals surface area contributed by atoms with Gasteiger partial charge in [-0.1, -0.05) is 11.6 Å². The molecule has 0 unspecified atom stereocenters. The van der Waals surface area contributed by atoms with E-state index < -0.39 is 0 Å². The van der Waals surface area contributed by atoms with E-state index in [2.05, 4.69) is 9.97 Å². The third-order valence-corrected chi connectivity index (χ3v) is 3.47. The first-order valence-electron chi connectivity index (χ1n) is 2.15. The number of aromatic nitrogens is 2. The monoisotopic (exact) mass is 400 g/mol. The van der Waals surface area contributed by atoms with Crippen molar-refractivity contribution in [3.05, 3.63) is 17.7 Å². The summed E-state index contributed by atoms with van der Waals surface area (Å²) in [6.45, 7) is 0. The maximum absolute atomic E-state index is 5.75. The van der Waals surface area contributed by atoms with Crippen molar-refractivity contribution < 1.29 is 0 Å². The Morgan fingerprint density at radius 1 is 1.00 bits per heavy atom. The molecular formula is C4Cl2I2N2. The van der Waals surface area contributed by atoms with Crippen LogP contribution in [0.15, 0.2) is 0 Å². The highest BCUT2D eigenvalue weighted by atomic mass is 127. The third kappa shape index (κ3) is 2.05. The van der Waals surface area contributed by atoms with Crippen molar-refractivity contribution in [2.45, 2.75) is 0 Å².